The van der Waals surface area contributed by atoms with Gasteiger partial charge in [0.15, 0.2) is 6.10 Å². The summed E-state index contributed by atoms with van der Waals surface area (Å²) in [4.78, 5) is 8.98. The van der Waals surface area contributed by atoms with Crippen LogP contribution in [-0.2, 0) is 13.6 Å². The van der Waals surface area contributed by atoms with Crippen molar-refractivity contribution in [1.29, 1.82) is 0 Å². The summed E-state index contributed by atoms with van der Waals surface area (Å²) in [5, 5.41) is 0. The van der Waals surface area contributed by atoms with E-state index in [-0.39, 0.29) is 0 Å². The summed E-state index contributed by atoms with van der Waals surface area (Å²) < 4.78 is 15.1. The molecule has 0 heterocycles. The van der Waals surface area contributed by atoms with Crippen LogP contribution in [-0.4, -0.2) is 25.7 Å². The lowest BCUT2D eigenvalue weighted by Gasteiger charge is -2.30. The van der Waals surface area contributed by atoms with E-state index >= 15 is 0 Å². The lowest BCUT2D eigenvalue weighted by atomic mass is 10.4. The van der Waals surface area contributed by atoms with Gasteiger partial charge in [0.05, 0.1) is 0 Å². The molecule has 92 valence electrons. The Labute approximate surface area is 116 Å². The molecule has 4 nitrogen and oxygen atoms in total. The lowest BCUT2D eigenvalue weighted by molar-refractivity contribution is 0.122. The smallest absolute Gasteiger partial charge is 0.302 e. The third kappa shape index (κ3) is 6.37. The molecule has 0 aliphatic rings. The van der Waals surface area contributed by atoms with Crippen molar-refractivity contribution < 1.29 is 18.5 Å². The normalized spacial score (nSPS) is 17.9. The van der Waals surface area contributed by atoms with E-state index < -0.39 is 21.5 Å². The average molecular weight is 361 g/mol. The van der Waals surface area contributed by atoms with Crippen LogP contribution in [0.15, 0.2) is 0 Å². The van der Waals surface area contributed by atoms with Crippen molar-refractivity contribution in [2.45, 2.75) is 13.7 Å². The molecule has 0 aliphatic heterocycles. The minimum Gasteiger partial charge on any atom is -0.302 e. The maximum Gasteiger partial charge on any atom is 0.472 e. The topological polar surface area (TPSA) is 55.8 Å². The molecule has 15 heavy (non-hydrogen) atoms. The molecule has 1 atom stereocenters. The van der Waals surface area contributed by atoms with Crippen LogP contribution in [0.2, 0.25) is 0 Å². The highest BCUT2D eigenvalue weighted by atomic mass is 35.6. The Hall–Kier alpha value is 1.85. The van der Waals surface area contributed by atoms with Gasteiger partial charge in [0, 0.05) is 7.11 Å². The van der Waals surface area contributed by atoms with E-state index in [1.807, 2.05) is 0 Å². The van der Waals surface area contributed by atoms with Gasteiger partial charge in [-0.1, -0.05) is 69.6 Å². The number of phosphoric acid groups is 1. The maximum absolute atomic E-state index is 11.0. The number of rotatable bonds is 3. The number of alkyl halides is 6. The fraction of sp³-hybridized carbons (Fsp3) is 1.00. The Bertz CT molecular complexity index is 245. The zero-order chi connectivity index (χ0) is 12.5. The van der Waals surface area contributed by atoms with Crippen molar-refractivity contribution in [2.75, 3.05) is 7.11 Å². The molecule has 0 radical (unpaired) electrons. The van der Waals surface area contributed by atoms with E-state index in [4.69, 9.17) is 74.5 Å². The summed E-state index contributed by atoms with van der Waals surface area (Å²) >= 11 is 32.5. The summed E-state index contributed by atoms with van der Waals surface area (Å²) in [7, 11) is -3.52. The van der Waals surface area contributed by atoms with Gasteiger partial charge in [-0.15, -0.1) is 0 Å². The van der Waals surface area contributed by atoms with Crippen molar-refractivity contribution in [3.63, 3.8) is 0 Å². The van der Waals surface area contributed by atoms with Gasteiger partial charge in [0.1, 0.15) is 0 Å². The second kappa shape index (κ2) is 5.66. The zero-order valence-corrected chi connectivity index (χ0v) is 12.4. The lowest BCUT2D eigenvalue weighted by Crippen LogP contribution is -2.39. The molecule has 0 aliphatic carbocycles. The predicted octanol–water partition coefficient (Wildman–Crippen LogP) is 3.86. The van der Waals surface area contributed by atoms with Crippen LogP contribution < -0.4 is 0 Å². The largest absolute Gasteiger partial charge is 0.472 e. The first-order valence-electron chi connectivity index (χ1n) is 3.10. The number of hydrogen-bond donors (Lipinski definition) is 1. The summed E-state index contributed by atoms with van der Waals surface area (Å²) in [6, 6.07) is 0. The van der Waals surface area contributed by atoms with Gasteiger partial charge in [-0.05, 0) is 0 Å². The summed E-state index contributed by atoms with van der Waals surface area (Å²) in [6.07, 6.45) is -1.77. The highest BCUT2D eigenvalue weighted by molar-refractivity contribution is 7.47. The number of hydrogen-bond acceptors (Lipinski definition) is 3. The predicted molar refractivity (Wildman–Crippen MR) is 62.3 cm³/mol. The van der Waals surface area contributed by atoms with E-state index in [9.17, 15) is 4.57 Å². The van der Waals surface area contributed by atoms with Crippen LogP contribution in [0.25, 0.3) is 0 Å². The Morgan fingerprint density at radius 3 is 1.67 bits per heavy atom. The molecule has 1 unspecified atom stereocenters. The highest BCUT2D eigenvalue weighted by Crippen LogP contribution is 2.53. The fourth-order valence-corrected chi connectivity index (χ4v) is 3.27. The fourth-order valence-electron chi connectivity index (χ4n) is 0.481. The first-order chi connectivity index (χ1) is 6.40. The van der Waals surface area contributed by atoms with Crippen molar-refractivity contribution in [3.8, 4) is 0 Å². The second-order valence-corrected chi connectivity index (χ2v) is 8.47. The monoisotopic (exact) mass is 358 g/mol. The van der Waals surface area contributed by atoms with Crippen LogP contribution in [0.4, 0.5) is 0 Å². The molecule has 0 saturated carbocycles. The SMILES string of the molecule is COP(=O)(O)OC(C(Cl)(Cl)Cl)C(Cl)(Cl)Cl. The standard InChI is InChI=1S/C4H5Cl6O4P/c1-13-15(11,12)14-2(3(5,6)7)4(8,9)10/h2H,1H3,(H,11,12). The molecule has 0 rings (SSSR count). The maximum atomic E-state index is 11.0. The van der Waals surface area contributed by atoms with Crippen LogP contribution in [0.3, 0.4) is 0 Å². The van der Waals surface area contributed by atoms with Gasteiger partial charge in [-0.2, -0.15) is 0 Å². The number of halogens is 6. The van der Waals surface area contributed by atoms with Crippen LogP contribution in [0.5, 0.6) is 0 Å². The molecular formula is C4H5Cl6O4P. The number of phosphoric ester groups is 1. The van der Waals surface area contributed by atoms with Gasteiger partial charge < -0.3 is 4.89 Å². The quantitative estimate of drug-likeness (QED) is 0.613. The van der Waals surface area contributed by atoms with E-state index in [2.05, 4.69) is 9.05 Å². The molecule has 0 amide bonds. The van der Waals surface area contributed by atoms with E-state index in [0.717, 1.165) is 7.11 Å². The third-order valence-corrected chi connectivity index (χ3v) is 3.19. The minimum atomic E-state index is -4.43. The molecule has 0 aromatic rings. The molecule has 0 saturated heterocycles. The Balaban J connectivity index is 4.93. The van der Waals surface area contributed by atoms with Gasteiger partial charge in [0.2, 0.25) is 7.59 Å². The van der Waals surface area contributed by atoms with Crippen molar-refractivity contribution >= 4 is 77.4 Å². The molecule has 0 fully saturated rings. The zero-order valence-electron chi connectivity index (χ0n) is 6.96. The first-order valence-corrected chi connectivity index (χ1v) is 6.87. The van der Waals surface area contributed by atoms with Gasteiger partial charge in [0.25, 0.3) is 0 Å². The van der Waals surface area contributed by atoms with Crippen molar-refractivity contribution in [3.05, 3.63) is 0 Å². The molecule has 11 heteroatoms. The van der Waals surface area contributed by atoms with Crippen molar-refractivity contribution in [2.24, 2.45) is 0 Å². The minimum absolute atomic E-state index is 0.911. The van der Waals surface area contributed by atoms with Gasteiger partial charge in [-0.25, -0.2) is 4.57 Å². The summed E-state index contributed by atoms with van der Waals surface area (Å²) in [6.45, 7) is 0. The summed E-state index contributed by atoms with van der Waals surface area (Å²) in [5.41, 5.74) is 0. The van der Waals surface area contributed by atoms with E-state index in [0.29, 0.717) is 0 Å². The van der Waals surface area contributed by atoms with Crippen LogP contribution in [0, 0.1) is 0 Å². The first kappa shape index (κ1) is 16.9. The Morgan fingerprint density at radius 1 is 1.13 bits per heavy atom. The molecule has 0 bridgehead atoms. The third-order valence-electron chi connectivity index (χ3n) is 1.06. The van der Waals surface area contributed by atoms with Crippen LogP contribution in [0.1, 0.15) is 0 Å². The van der Waals surface area contributed by atoms with E-state index in [1.165, 1.54) is 0 Å². The molecule has 0 aromatic heterocycles. The molecular weight excluding hydrogens is 356 g/mol. The molecule has 0 aromatic carbocycles. The average Bonchev–Trinajstić information content (AvgIpc) is 1.96. The van der Waals surface area contributed by atoms with Gasteiger partial charge in [-0.3, -0.25) is 9.05 Å². The van der Waals surface area contributed by atoms with Crippen molar-refractivity contribution in [1.82, 2.24) is 0 Å². The molecule has 0 spiro atoms. The van der Waals surface area contributed by atoms with Crippen LogP contribution >= 0.6 is 77.4 Å². The van der Waals surface area contributed by atoms with E-state index in [1.54, 1.807) is 0 Å². The summed E-state index contributed by atoms with van der Waals surface area (Å²) in [5.74, 6) is 0. The highest BCUT2D eigenvalue weighted by Gasteiger charge is 2.51. The van der Waals surface area contributed by atoms with Gasteiger partial charge >= 0.3 is 7.82 Å². The Kier molecular flexibility index (Phi) is 6.36. The molecule has 1 N–H and O–H groups in total. The Morgan fingerprint density at radius 2 is 1.47 bits per heavy atom. The second-order valence-electron chi connectivity index (χ2n) is 2.22.